The highest BCUT2D eigenvalue weighted by Gasteiger charge is 2.08. The van der Waals surface area contributed by atoms with E-state index in [1.54, 1.807) is 13.8 Å². The van der Waals surface area contributed by atoms with Crippen LogP contribution in [0.4, 0.5) is 4.39 Å². The van der Waals surface area contributed by atoms with Gasteiger partial charge in [-0.25, -0.2) is 4.39 Å². The quantitative estimate of drug-likeness (QED) is 0.548. The van der Waals surface area contributed by atoms with E-state index < -0.39 is 12.3 Å². The Kier molecular flexibility index (Phi) is 2.98. The second kappa shape index (κ2) is 3.02. The summed E-state index contributed by atoms with van der Waals surface area (Å²) >= 11 is 0. The van der Waals surface area contributed by atoms with Crippen molar-refractivity contribution in [2.24, 2.45) is 0 Å². The molecule has 0 aliphatic rings. The molecule has 0 rings (SSSR count). The van der Waals surface area contributed by atoms with Gasteiger partial charge in [0, 0.05) is 0 Å². The van der Waals surface area contributed by atoms with Crippen molar-refractivity contribution in [3.8, 4) is 0 Å². The van der Waals surface area contributed by atoms with Gasteiger partial charge >= 0.3 is 0 Å². The summed E-state index contributed by atoms with van der Waals surface area (Å²) in [5.74, 6) is 0. The van der Waals surface area contributed by atoms with Crippen LogP contribution in [0.25, 0.3) is 0 Å². The van der Waals surface area contributed by atoms with Gasteiger partial charge in [0.25, 0.3) is 0 Å². The molecule has 0 bridgehead atoms. The number of halogens is 1. The Morgan fingerprint density at radius 3 is 2.25 bits per heavy atom. The lowest BCUT2D eigenvalue weighted by Crippen LogP contribution is -2.20. The lowest BCUT2D eigenvalue weighted by molar-refractivity contribution is 0.0102. The van der Waals surface area contributed by atoms with Gasteiger partial charge < -0.3 is 4.74 Å². The average Bonchev–Trinajstić information content (AvgIpc) is 1.59. The van der Waals surface area contributed by atoms with Gasteiger partial charge in [-0.2, -0.15) is 0 Å². The maximum absolute atomic E-state index is 11.4. The molecule has 0 aromatic heterocycles. The van der Waals surface area contributed by atoms with Gasteiger partial charge in [-0.05, 0) is 20.8 Å². The molecule has 0 N–H and O–H groups in total. The zero-order valence-corrected chi connectivity index (χ0v) is 5.41. The lowest BCUT2D eigenvalue weighted by Gasteiger charge is -2.17. The zero-order chi connectivity index (χ0) is 6.62. The van der Waals surface area contributed by atoms with Crippen LogP contribution in [-0.2, 0) is 4.74 Å². The van der Waals surface area contributed by atoms with E-state index in [-0.39, 0.29) is 6.61 Å². The van der Waals surface area contributed by atoms with Crippen molar-refractivity contribution in [2.75, 3.05) is 13.3 Å². The smallest absolute Gasteiger partial charge is 0.113 e. The maximum Gasteiger partial charge on any atom is 0.113 e. The molecular weight excluding hydrogens is 107 g/mol. The van der Waals surface area contributed by atoms with Gasteiger partial charge in [-0.1, -0.05) is 0 Å². The number of ether oxygens (including phenoxy) is 1. The van der Waals surface area contributed by atoms with Gasteiger partial charge in [0.2, 0.25) is 0 Å². The first-order valence-corrected chi connectivity index (χ1v) is 2.61. The molecule has 0 aliphatic heterocycles. The van der Waals surface area contributed by atoms with Gasteiger partial charge in [0.15, 0.2) is 0 Å². The summed E-state index contributed by atoms with van der Waals surface area (Å²) in [6.45, 7) is 6.93. The normalized spacial score (nSPS) is 12.0. The summed E-state index contributed by atoms with van der Waals surface area (Å²) in [5, 5.41) is 0. The Morgan fingerprint density at radius 1 is 1.62 bits per heavy atom. The Labute approximate surface area is 49.8 Å². The molecule has 0 spiro atoms. The Bertz CT molecular complexity index is 56.0. The van der Waals surface area contributed by atoms with Crippen LogP contribution in [0.5, 0.6) is 0 Å². The fourth-order valence-corrected chi connectivity index (χ4v) is 0.315. The lowest BCUT2D eigenvalue weighted by atomic mass is 10.2. The minimum absolute atomic E-state index is 0.149. The molecule has 8 heavy (non-hydrogen) atoms. The molecule has 1 radical (unpaired) electrons. The second-order valence-corrected chi connectivity index (χ2v) is 2.30. The largest absolute Gasteiger partial charge is 0.373 e. The van der Waals surface area contributed by atoms with E-state index in [1.807, 2.05) is 0 Å². The molecule has 0 saturated carbocycles. The molecule has 1 nitrogen and oxygen atoms in total. The van der Waals surface area contributed by atoms with Crippen molar-refractivity contribution in [3.05, 3.63) is 6.92 Å². The molecule has 0 aromatic rings. The topological polar surface area (TPSA) is 9.23 Å². The van der Waals surface area contributed by atoms with Crippen LogP contribution in [0.2, 0.25) is 0 Å². The second-order valence-electron chi connectivity index (χ2n) is 2.30. The van der Waals surface area contributed by atoms with Crippen LogP contribution in [-0.4, -0.2) is 18.9 Å². The molecule has 0 fully saturated rings. The minimum atomic E-state index is -0.438. The van der Waals surface area contributed by atoms with Crippen molar-refractivity contribution in [1.29, 1.82) is 0 Å². The summed E-state index contributed by atoms with van der Waals surface area (Å²) < 4.78 is 16.3. The summed E-state index contributed by atoms with van der Waals surface area (Å²) in [6, 6.07) is 0. The van der Waals surface area contributed by atoms with E-state index in [2.05, 4.69) is 6.92 Å². The first kappa shape index (κ1) is 7.89. The monoisotopic (exact) mass is 119 g/mol. The Balaban J connectivity index is 3.11. The molecular formula is C6H12FO. The Hall–Kier alpha value is -0.110. The van der Waals surface area contributed by atoms with Crippen LogP contribution in [0.15, 0.2) is 0 Å². The van der Waals surface area contributed by atoms with E-state index in [0.717, 1.165) is 0 Å². The van der Waals surface area contributed by atoms with Crippen LogP contribution in [0, 0.1) is 6.92 Å². The van der Waals surface area contributed by atoms with Gasteiger partial charge in [-0.3, -0.25) is 0 Å². The van der Waals surface area contributed by atoms with E-state index in [9.17, 15) is 4.39 Å². The van der Waals surface area contributed by atoms with E-state index in [0.29, 0.717) is 0 Å². The highest BCUT2D eigenvalue weighted by atomic mass is 19.1. The molecule has 0 amide bonds. The molecule has 0 unspecified atom stereocenters. The van der Waals surface area contributed by atoms with Gasteiger partial charge in [-0.15, -0.1) is 0 Å². The van der Waals surface area contributed by atoms with Crippen molar-refractivity contribution in [2.45, 2.75) is 19.4 Å². The van der Waals surface area contributed by atoms with Crippen molar-refractivity contribution < 1.29 is 9.13 Å². The molecule has 0 heterocycles. The van der Waals surface area contributed by atoms with Crippen molar-refractivity contribution >= 4 is 0 Å². The fourth-order valence-electron chi connectivity index (χ4n) is 0.315. The number of rotatable bonds is 3. The molecule has 0 saturated heterocycles. The minimum Gasteiger partial charge on any atom is -0.373 e. The number of hydrogen-bond acceptors (Lipinski definition) is 1. The van der Waals surface area contributed by atoms with Crippen LogP contribution >= 0.6 is 0 Å². The van der Waals surface area contributed by atoms with Crippen LogP contribution in [0.1, 0.15) is 13.8 Å². The standard InChI is InChI=1S/C6H12FO/c1-6(2,3)8-5-4-7/h1,4-5H2,2-3H3. The summed E-state index contributed by atoms with van der Waals surface area (Å²) in [5.41, 5.74) is -0.438. The number of alkyl halides is 1. The fraction of sp³-hybridized carbons (Fsp3) is 0.833. The summed E-state index contributed by atoms with van der Waals surface area (Å²) in [7, 11) is 0. The predicted octanol–water partition coefficient (Wildman–Crippen LogP) is 1.59. The SMILES string of the molecule is [CH2]C(C)(C)OCCF. The maximum atomic E-state index is 11.4. The van der Waals surface area contributed by atoms with E-state index in [1.165, 1.54) is 0 Å². The number of hydrogen-bond donors (Lipinski definition) is 0. The third-order valence-electron chi connectivity index (χ3n) is 0.570. The summed E-state index contributed by atoms with van der Waals surface area (Å²) in [6.07, 6.45) is 0. The van der Waals surface area contributed by atoms with Crippen molar-refractivity contribution in [1.82, 2.24) is 0 Å². The van der Waals surface area contributed by atoms with Crippen LogP contribution in [0.3, 0.4) is 0 Å². The van der Waals surface area contributed by atoms with Gasteiger partial charge in [0.05, 0.1) is 12.2 Å². The molecule has 2 heteroatoms. The van der Waals surface area contributed by atoms with Gasteiger partial charge in [0.1, 0.15) is 6.67 Å². The summed E-state index contributed by atoms with van der Waals surface area (Å²) in [4.78, 5) is 0. The Morgan fingerprint density at radius 2 is 2.12 bits per heavy atom. The third-order valence-corrected chi connectivity index (χ3v) is 0.570. The molecule has 0 atom stereocenters. The molecule has 0 aliphatic carbocycles. The average molecular weight is 119 g/mol. The van der Waals surface area contributed by atoms with E-state index in [4.69, 9.17) is 4.74 Å². The molecule has 0 aromatic carbocycles. The first-order valence-electron chi connectivity index (χ1n) is 2.61. The van der Waals surface area contributed by atoms with E-state index >= 15 is 0 Å². The highest BCUT2D eigenvalue weighted by molar-refractivity contribution is 4.69. The van der Waals surface area contributed by atoms with Crippen LogP contribution < -0.4 is 0 Å². The predicted molar refractivity (Wildman–Crippen MR) is 31.4 cm³/mol. The van der Waals surface area contributed by atoms with Crippen molar-refractivity contribution in [3.63, 3.8) is 0 Å². The highest BCUT2D eigenvalue weighted by Crippen LogP contribution is 2.04. The first-order chi connectivity index (χ1) is 3.56. The third kappa shape index (κ3) is 5.89. The zero-order valence-electron chi connectivity index (χ0n) is 5.41. The molecule has 49 valence electrons.